The number of halogens is 1. The highest BCUT2D eigenvalue weighted by molar-refractivity contribution is 7.19. The van der Waals surface area contributed by atoms with Crippen LogP contribution in [0.25, 0.3) is 32.3 Å². The highest BCUT2D eigenvalue weighted by Gasteiger charge is 2.23. The number of hydrogen-bond donors (Lipinski definition) is 2. The number of aryl methyl sites for hydroxylation is 1. The average Bonchev–Trinajstić information content (AvgIpc) is 3.37. The first-order valence-electron chi connectivity index (χ1n) is 9.28. The fourth-order valence-corrected chi connectivity index (χ4v) is 5.17. The topological polar surface area (TPSA) is 70.7 Å². The molecule has 0 fully saturated rings. The van der Waals surface area contributed by atoms with Crippen LogP contribution in [0, 0.1) is 6.92 Å². The fourth-order valence-electron chi connectivity index (χ4n) is 3.64. The van der Waals surface area contributed by atoms with Gasteiger partial charge in [0.25, 0.3) is 0 Å². The molecule has 0 bridgehead atoms. The lowest BCUT2D eigenvalue weighted by atomic mass is 9.98. The van der Waals surface area contributed by atoms with Gasteiger partial charge in [-0.15, -0.1) is 11.3 Å². The van der Waals surface area contributed by atoms with Gasteiger partial charge < -0.3 is 10.3 Å². The maximum Gasteiger partial charge on any atom is 0.225 e. The lowest BCUT2D eigenvalue weighted by Gasteiger charge is -2.18. The van der Waals surface area contributed by atoms with E-state index in [9.17, 15) is 4.79 Å². The summed E-state index contributed by atoms with van der Waals surface area (Å²) < 4.78 is 0. The third-order valence-electron chi connectivity index (χ3n) is 5.04. The molecule has 2 N–H and O–H groups in total. The Hall–Kier alpha value is -2.96. The summed E-state index contributed by atoms with van der Waals surface area (Å²) >= 11 is 8.26. The molecule has 4 heterocycles. The van der Waals surface area contributed by atoms with E-state index in [1.165, 1.54) is 0 Å². The number of H-pyrrole nitrogens is 1. The Morgan fingerprint density at radius 2 is 1.93 bits per heavy atom. The van der Waals surface area contributed by atoms with E-state index in [0.717, 1.165) is 43.4 Å². The van der Waals surface area contributed by atoms with Crippen molar-refractivity contribution >= 4 is 34.7 Å². The van der Waals surface area contributed by atoms with Crippen LogP contribution >= 0.6 is 22.9 Å². The number of imidazole rings is 1. The van der Waals surface area contributed by atoms with Crippen molar-refractivity contribution in [3.8, 4) is 32.3 Å². The first-order valence-corrected chi connectivity index (χ1v) is 10.5. The second-order valence-electron chi connectivity index (χ2n) is 7.01. The fraction of sp³-hybridized carbons (Fsp3) is 0.136. The minimum Gasteiger partial charge on any atom is -0.344 e. The molecule has 4 aromatic rings. The van der Waals surface area contributed by atoms with Gasteiger partial charge in [-0.25, -0.2) is 9.97 Å². The number of fused-ring (bicyclic) bond motifs is 1. The molecule has 1 aromatic carbocycles. The number of aromatic nitrogens is 3. The number of pyridine rings is 1. The van der Waals surface area contributed by atoms with Crippen molar-refractivity contribution in [2.45, 2.75) is 19.8 Å². The molecule has 5 nitrogen and oxygen atoms in total. The van der Waals surface area contributed by atoms with Crippen molar-refractivity contribution in [3.63, 3.8) is 0 Å². The molecular weight excluding hydrogens is 404 g/mol. The van der Waals surface area contributed by atoms with Gasteiger partial charge in [0.15, 0.2) is 0 Å². The molecule has 1 aliphatic rings. The quantitative estimate of drug-likeness (QED) is 0.445. The lowest BCUT2D eigenvalue weighted by molar-refractivity contribution is -0.116. The summed E-state index contributed by atoms with van der Waals surface area (Å²) in [6.45, 7) is 2.03. The van der Waals surface area contributed by atoms with Gasteiger partial charge in [-0.2, -0.15) is 0 Å². The number of thiophene rings is 1. The molecule has 7 heteroatoms. The van der Waals surface area contributed by atoms with Crippen molar-refractivity contribution in [2.24, 2.45) is 0 Å². The molecule has 0 radical (unpaired) electrons. The largest absolute Gasteiger partial charge is 0.344 e. The minimum atomic E-state index is 0.0109. The van der Waals surface area contributed by atoms with Gasteiger partial charge in [-0.1, -0.05) is 23.7 Å². The summed E-state index contributed by atoms with van der Waals surface area (Å²) in [6, 6.07) is 10.3. The van der Waals surface area contributed by atoms with Gasteiger partial charge in [0.2, 0.25) is 5.91 Å². The zero-order valence-corrected chi connectivity index (χ0v) is 17.2. The number of hydrogen-bond acceptors (Lipinski definition) is 4. The summed E-state index contributed by atoms with van der Waals surface area (Å²) in [5, 5.41) is 3.60. The SMILES string of the molecule is Cc1ccc(-c2cc(-c3ccnc4c3CCC(=O)N4)sc2-c2ncc[nH]2)c(Cl)c1. The number of nitrogens with zero attached hydrogens (tertiary/aromatic N) is 2. The van der Waals surface area contributed by atoms with E-state index in [4.69, 9.17) is 11.6 Å². The number of aromatic amines is 1. The maximum atomic E-state index is 11.8. The van der Waals surface area contributed by atoms with Crippen molar-refractivity contribution in [1.29, 1.82) is 0 Å². The second kappa shape index (κ2) is 7.13. The molecule has 0 aliphatic carbocycles. The number of benzene rings is 1. The summed E-state index contributed by atoms with van der Waals surface area (Å²) in [4.78, 5) is 25.9. The van der Waals surface area contributed by atoms with Crippen molar-refractivity contribution in [3.05, 3.63) is 65.1 Å². The Morgan fingerprint density at radius 3 is 2.72 bits per heavy atom. The zero-order chi connectivity index (χ0) is 20.0. The van der Waals surface area contributed by atoms with Crippen LogP contribution in [0.3, 0.4) is 0 Å². The monoisotopic (exact) mass is 420 g/mol. The number of carbonyl (C=O) groups is 1. The molecule has 1 aliphatic heterocycles. The van der Waals surface area contributed by atoms with E-state index < -0.39 is 0 Å². The van der Waals surface area contributed by atoms with E-state index in [1.807, 2.05) is 25.3 Å². The summed E-state index contributed by atoms with van der Waals surface area (Å²) in [7, 11) is 0. The third kappa shape index (κ3) is 3.24. The van der Waals surface area contributed by atoms with Crippen LogP contribution in [0.5, 0.6) is 0 Å². The standard InChI is InChI=1S/C22H17ClN4OS/c1-12-2-3-13(17(23)10-12)16-11-18(29-20(16)22-25-8-9-26-22)14-6-7-24-21-15(14)4-5-19(28)27-21/h2-3,6-11H,4-5H2,1H3,(H,25,26)(H,24,27,28). The zero-order valence-electron chi connectivity index (χ0n) is 15.6. The van der Waals surface area contributed by atoms with Crippen LogP contribution in [0.4, 0.5) is 5.82 Å². The predicted molar refractivity (Wildman–Crippen MR) is 117 cm³/mol. The molecule has 0 unspecified atom stereocenters. The van der Waals surface area contributed by atoms with Gasteiger partial charge in [0.1, 0.15) is 11.6 Å². The van der Waals surface area contributed by atoms with Gasteiger partial charge >= 0.3 is 0 Å². The normalized spacial score (nSPS) is 13.2. The average molecular weight is 421 g/mol. The maximum absolute atomic E-state index is 11.8. The van der Waals surface area contributed by atoms with Gasteiger partial charge in [0.05, 0.1) is 4.88 Å². The van der Waals surface area contributed by atoms with Crippen molar-refractivity contribution in [1.82, 2.24) is 15.0 Å². The second-order valence-corrected chi connectivity index (χ2v) is 8.47. The first-order chi connectivity index (χ1) is 14.1. The highest BCUT2D eigenvalue weighted by atomic mass is 35.5. The summed E-state index contributed by atoms with van der Waals surface area (Å²) in [5.41, 5.74) is 5.29. The summed E-state index contributed by atoms with van der Waals surface area (Å²) in [5.74, 6) is 1.47. The Bertz CT molecular complexity index is 1230. The highest BCUT2D eigenvalue weighted by Crippen LogP contribution is 2.45. The van der Waals surface area contributed by atoms with Crippen LogP contribution in [0.2, 0.25) is 5.02 Å². The van der Waals surface area contributed by atoms with Crippen LogP contribution < -0.4 is 5.32 Å². The molecule has 0 saturated heterocycles. The van der Waals surface area contributed by atoms with E-state index in [-0.39, 0.29) is 5.91 Å². The smallest absolute Gasteiger partial charge is 0.225 e. The Morgan fingerprint density at radius 1 is 1.03 bits per heavy atom. The number of amides is 1. The number of anilines is 1. The molecule has 29 heavy (non-hydrogen) atoms. The Balaban J connectivity index is 1.71. The molecule has 1 amide bonds. The van der Waals surface area contributed by atoms with Crippen LogP contribution in [-0.4, -0.2) is 20.9 Å². The summed E-state index contributed by atoms with van der Waals surface area (Å²) in [6.07, 6.45) is 6.46. The predicted octanol–water partition coefficient (Wildman–Crippen LogP) is 5.71. The molecule has 3 aromatic heterocycles. The molecular formula is C22H17ClN4OS. The van der Waals surface area contributed by atoms with Crippen molar-refractivity contribution in [2.75, 3.05) is 5.32 Å². The number of nitrogens with one attached hydrogen (secondary N) is 2. The Kier molecular flexibility index (Phi) is 4.45. The molecule has 0 spiro atoms. The van der Waals surface area contributed by atoms with E-state index >= 15 is 0 Å². The Labute approximate surface area is 176 Å². The third-order valence-corrected chi connectivity index (χ3v) is 6.53. The number of rotatable bonds is 3. The van der Waals surface area contributed by atoms with E-state index in [0.29, 0.717) is 23.7 Å². The lowest BCUT2D eigenvalue weighted by Crippen LogP contribution is -2.20. The van der Waals surface area contributed by atoms with E-state index in [2.05, 4.69) is 38.5 Å². The molecule has 0 atom stereocenters. The molecule has 0 saturated carbocycles. The van der Waals surface area contributed by atoms with Gasteiger partial charge in [-0.05, 0) is 37.1 Å². The van der Waals surface area contributed by atoms with Crippen LogP contribution in [0.1, 0.15) is 17.5 Å². The number of carbonyl (C=O) groups excluding carboxylic acids is 1. The van der Waals surface area contributed by atoms with Crippen LogP contribution in [0.15, 0.2) is 48.9 Å². The van der Waals surface area contributed by atoms with Crippen LogP contribution in [-0.2, 0) is 11.2 Å². The van der Waals surface area contributed by atoms with Gasteiger partial charge in [0, 0.05) is 57.2 Å². The van der Waals surface area contributed by atoms with Crippen molar-refractivity contribution < 1.29 is 4.79 Å². The molecule has 144 valence electrons. The van der Waals surface area contributed by atoms with E-state index in [1.54, 1.807) is 23.7 Å². The molecule has 5 rings (SSSR count). The first kappa shape index (κ1) is 18.1. The van der Waals surface area contributed by atoms with Gasteiger partial charge in [-0.3, -0.25) is 4.79 Å². The minimum absolute atomic E-state index is 0.0109.